The number of amides is 2. The molecular formula is C23H25N5O4S2. The van der Waals surface area contributed by atoms with E-state index in [2.05, 4.69) is 22.0 Å². The number of para-hydroxylation sites is 1. The summed E-state index contributed by atoms with van der Waals surface area (Å²) in [6.07, 6.45) is 0. The normalized spacial score (nSPS) is 14.6. The number of hydrogen-bond donors (Lipinski definition) is 0. The molecule has 0 unspecified atom stereocenters. The maximum absolute atomic E-state index is 12.6. The van der Waals surface area contributed by atoms with Crippen molar-refractivity contribution in [2.75, 3.05) is 42.6 Å². The van der Waals surface area contributed by atoms with Crippen molar-refractivity contribution in [2.45, 2.75) is 13.5 Å². The van der Waals surface area contributed by atoms with Gasteiger partial charge in [0.25, 0.3) is 11.6 Å². The molecule has 0 saturated carbocycles. The zero-order valence-corrected chi connectivity index (χ0v) is 20.4. The number of nitro benzene ring substituents is 1. The highest BCUT2D eigenvalue weighted by atomic mass is 32.2. The second-order valence-electron chi connectivity index (χ2n) is 7.74. The third-order valence-corrected chi connectivity index (χ3v) is 7.56. The van der Waals surface area contributed by atoms with Crippen molar-refractivity contribution in [1.29, 1.82) is 0 Å². The number of nitro groups is 1. The number of benzene rings is 2. The van der Waals surface area contributed by atoms with Crippen LogP contribution in [0.5, 0.6) is 0 Å². The number of non-ortho nitro benzene ring substituents is 1. The number of aryl methyl sites for hydroxylation is 1. The van der Waals surface area contributed by atoms with Crippen LogP contribution in [-0.2, 0) is 16.1 Å². The van der Waals surface area contributed by atoms with E-state index in [9.17, 15) is 19.7 Å². The summed E-state index contributed by atoms with van der Waals surface area (Å²) in [4.78, 5) is 44.5. The van der Waals surface area contributed by atoms with Crippen LogP contribution in [0.15, 0.2) is 53.5 Å². The minimum absolute atomic E-state index is 0.00792. The Kier molecular flexibility index (Phi) is 7.63. The van der Waals surface area contributed by atoms with Crippen LogP contribution in [0, 0.1) is 10.1 Å². The highest BCUT2D eigenvalue weighted by Gasteiger charge is 2.21. The Morgan fingerprint density at radius 2 is 1.82 bits per heavy atom. The van der Waals surface area contributed by atoms with Crippen LogP contribution in [0.3, 0.4) is 0 Å². The van der Waals surface area contributed by atoms with Crippen molar-refractivity contribution >= 4 is 56.5 Å². The lowest BCUT2D eigenvalue weighted by Gasteiger charge is -2.36. The zero-order chi connectivity index (χ0) is 24.1. The first-order valence-electron chi connectivity index (χ1n) is 11.0. The number of rotatable bonds is 7. The van der Waals surface area contributed by atoms with Crippen molar-refractivity contribution < 1.29 is 14.5 Å². The summed E-state index contributed by atoms with van der Waals surface area (Å²) in [6.45, 7) is 5.42. The monoisotopic (exact) mass is 499 g/mol. The number of anilines is 1. The molecule has 2 heterocycles. The van der Waals surface area contributed by atoms with Gasteiger partial charge in [0.2, 0.25) is 5.91 Å². The Labute approximate surface area is 204 Å². The van der Waals surface area contributed by atoms with Crippen LogP contribution in [0.2, 0.25) is 0 Å². The van der Waals surface area contributed by atoms with Gasteiger partial charge in [0.05, 0.1) is 26.6 Å². The Hall–Kier alpha value is -3.18. The molecular weight excluding hydrogens is 474 g/mol. The molecule has 0 atom stereocenters. The molecule has 34 heavy (non-hydrogen) atoms. The molecule has 1 saturated heterocycles. The average Bonchev–Trinajstić information content (AvgIpc) is 3.20. The van der Waals surface area contributed by atoms with E-state index < -0.39 is 4.92 Å². The molecule has 0 aliphatic carbocycles. The quantitative estimate of drug-likeness (QED) is 0.366. The second-order valence-corrected chi connectivity index (χ2v) is 9.73. The van der Waals surface area contributed by atoms with E-state index in [1.54, 1.807) is 6.07 Å². The van der Waals surface area contributed by atoms with Gasteiger partial charge in [-0.3, -0.25) is 19.7 Å². The van der Waals surface area contributed by atoms with E-state index in [1.165, 1.54) is 35.2 Å². The van der Waals surface area contributed by atoms with Crippen molar-refractivity contribution in [2.24, 2.45) is 4.99 Å². The smallest absolute Gasteiger partial charge is 0.270 e. The van der Waals surface area contributed by atoms with Gasteiger partial charge in [-0.2, -0.15) is 4.99 Å². The van der Waals surface area contributed by atoms with Crippen molar-refractivity contribution in [3.8, 4) is 0 Å². The fourth-order valence-electron chi connectivity index (χ4n) is 3.88. The first-order chi connectivity index (χ1) is 16.5. The number of piperazine rings is 1. The minimum atomic E-state index is -0.438. The lowest BCUT2D eigenvalue weighted by atomic mass is 10.2. The van der Waals surface area contributed by atoms with Gasteiger partial charge in [0.15, 0.2) is 4.80 Å². The molecule has 1 aromatic heterocycles. The topological polar surface area (TPSA) is 101 Å². The zero-order valence-electron chi connectivity index (χ0n) is 18.8. The third-order valence-electron chi connectivity index (χ3n) is 5.62. The summed E-state index contributed by atoms with van der Waals surface area (Å²) >= 11 is 2.52. The van der Waals surface area contributed by atoms with Crippen LogP contribution in [-0.4, -0.2) is 63.9 Å². The minimum Gasteiger partial charge on any atom is -0.368 e. The summed E-state index contributed by atoms with van der Waals surface area (Å²) in [7, 11) is 0. The van der Waals surface area contributed by atoms with Gasteiger partial charge in [0, 0.05) is 50.5 Å². The summed E-state index contributed by atoms with van der Waals surface area (Å²) in [5, 5.41) is 11.0. The van der Waals surface area contributed by atoms with Gasteiger partial charge in [0.1, 0.15) is 0 Å². The molecule has 0 radical (unpaired) electrons. The van der Waals surface area contributed by atoms with Crippen LogP contribution >= 0.6 is 23.1 Å². The molecule has 0 spiro atoms. The maximum Gasteiger partial charge on any atom is 0.270 e. The summed E-state index contributed by atoms with van der Waals surface area (Å²) in [5.41, 5.74) is 1.98. The van der Waals surface area contributed by atoms with E-state index in [4.69, 9.17) is 0 Å². The summed E-state index contributed by atoms with van der Waals surface area (Å²) in [5.74, 6) is 0.0468. The van der Waals surface area contributed by atoms with Gasteiger partial charge in [-0.25, -0.2) is 0 Å². The Morgan fingerprint density at radius 3 is 2.50 bits per heavy atom. The summed E-state index contributed by atoms with van der Waals surface area (Å²) in [6, 6.07) is 14.8. The first kappa shape index (κ1) is 24.0. The van der Waals surface area contributed by atoms with E-state index >= 15 is 0 Å². The molecule has 9 nitrogen and oxygen atoms in total. The largest absolute Gasteiger partial charge is 0.368 e. The number of thioether (sulfide) groups is 1. The number of nitrogens with zero attached hydrogens (tertiary/aromatic N) is 5. The van der Waals surface area contributed by atoms with Gasteiger partial charge in [-0.1, -0.05) is 29.5 Å². The number of hydrogen-bond acceptors (Lipinski definition) is 7. The fourth-order valence-corrected chi connectivity index (χ4v) is 5.72. The molecule has 0 N–H and O–H groups in total. The Morgan fingerprint density at radius 1 is 1.09 bits per heavy atom. The van der Waals surface area contributed by atoms with E-state index in [0.717, 1.165) is 24.3 Å². The number of carbonyl (C=O) groups is 2. The Balaban J connectivity index is 1.31. The molecule has 1 aliphatic rings. The van der Waals surface area contributed by atoms with Gasteiger partial charge >= 0.3 is 0 Å². The van der Waals surface area contributed by atoms with E-state index in [1.807, 2.05) is 34.6 Å². The Bertz CT molecular complexity index is 1260. The van der Waals surface area contributed by atoms with E-state index in [-0.39, 0.29) is 29.0 Å². The molecule has 178 valence electrons. The molecule has 2 amide bonds. The first-order valence-corrected chi connectivity index (χ1v) is 12.9. The lowest BCUT2D eigenvalue weighted by Crippen LogP contribution is -2.49. The maximum atomic E-state index is 12.6. The SMILES string of the molecule is CCn1c(=NC(=O)CSCC(=O)N2CCN(c3ccccc3)CC2)sc2cc([N+](=O)[O-])ccc21. The second kappa shape index (κ2) is 10.8. The van der Waals surface area contributed by atoms with Crippen molar-refractivity contribution in [3.05, 3.63) is 63.4 Å². The van der Waals surface area contributed by atoms with Crippen LogP contribution in [0.4, 0.5) is 11.4 Å². The van der Waals surface area contributed by atoms with Crippen LogP contribution < -0.4 is 9.70 Å². The third kappa shape index (κ3) is 5.48. The highest BCUT2D eigenvalue weighted by molar-refractivity contribution is 8.00. The number of aromatic nitrogens is 1. The number of thiazole rings is 1. The van der Waals surface area contributed by atoms with Crippen LogP contribution in [0.25, 0.3) is 10.2 Å². The van der Waals surface area contributed by atoms with Crippen LogP contribution in [0.1, 0.15) is 6.92 Å². The molecule has 0 bridgehead atoms. The average molecular weight is 500 g/mol. The van der Waals surface area contributed by atoms with Gasteiger partial charge in [-0.05, 0) is 25.1 Å². The molecule has 4 rings (SSSR count). The molecule has 1 aliphatic heterocycles. The molecule has 1 fully saturated rings. The fraction of sp³-hybridized carbons (Fsp3) is 0.348. The van der Waals surface area contributed by atoms with Gasteiger partial charge < -0.3 is 14.4 Å². The van der Waals surface area contributed by atoms with E-state index in [0.29, 0.717) is 29.1 Å². The number of fused-ring (bicyclic) bond motifs is 1. The number of carbonyl (C=O) groups excluding carboxylic acids is 2. The van der Waals surface area contributed by atoms with Crippen molar-refractivity contribution in [1.82, 2.24) is 9.47 Å². The van der Waals surface area contributed by atoms with Gasteiger partial charge in [-0.15, -0.1) is 11.8 Å². The molecule has 3 aromatic rings. The van der Waals surface area contributed by atoms with Crippen molar-refractivity contribution in [3.63, 3.8) is 0 Å². The lowest BCUT2D eigenvalue weighted by molar-refractivity contribution is -0.384. The predicted octanol–water partition coefficient (Wildman–Crippen LogP) is 3.14. The standard InChI is InChI=1S/C23H25N5O4S2/c1-2-27-19-9-8-18(28(31)32)14-20(19)34-23(27)24-21(29)15-33-16-22(30)26-12-10-25(11-13-26)17-6-4-3-5-7-17/h3-9,14H,2,10-13,15-16H2,1H3. The summed E-state index contributed by atoms with van der Waals surface area (Å²) < 4.78 is 2.57. The molecule has 11 heteroatoms. The predicted molar refractivity (Wildman–Crippen MR) is 135 cm³/mol. The molecule has 2 aromatic carbocycles. The highest BCUT2D eigenvalue weighted by Crippen LogP contribution is 2.23.